The van der Waals surface area contributed by atoms with E-state index >= 15 is 0 Å². The van der Waals surface area contributed by atoms with Gasteiger partial charge in [0.05, 0.1) is 24.8 Å². The van der Waals surface area contributed by atoms with E-state index in [0.717, 1.165) is 45.6 Å². The molecule has 0 aliphatic heterocycles. The zero-order valence-corrected chi connectivity index (χ0v) is 27.3. The number of methoxy groups -OCH3 is 2. The third-order valence-corrected chi connectivity index (χ3v) is 9.98. The second-order valence-corrected chi connectivity index (χ2v) is 13.5. The molecular formula is C32H38BrN3O6S. The van der Waals surface area contributed by atoms with Gasteiger partial charge in [-0.3, -0.25) is 13.9 Å². The van der Waals surface area contributed by atoms with Crippen LogP contribution in [0.1, 0.15) is 43.7 Å². The van der Waals surface area contributed by atoms with Gasteiger partial charge in [-0.05, 0) is 68.7 Å². The highest BCUT2D eigenvalue weighted by Gasteiger charge is 2.34. The third-order valence-electron chi connectivity index (χ3n) is 7.68. The van der Waals surface area contributed by atoms with Crippen molar-refractivity contribution in [1.82, 2.24) is 10.2 Å². The number of sulfonamides is 1. The SMILES string of the molecule is COc1ccc(OC)c(N(CC(=O)N(Cc2ccc(Br)cc2)C(C)C(=O)NC2CCCC2)S(=O)(=O)c2ccc(C)cc2)c1. The molecule has 0 bridgehead atoms. The van der Waals surface area contributed by atoms with Crippen LogP contribution in [0.5, 0.6) is 11.5 Å². The molecule has 1 atom stereocenters. The number of halogens is 1. The van der Waals surface area contributed by atoms with Crippen molar-refractivity contribution in [2.45, 2.75) is 63.1 Å². The number of nitrogens with one attached hydrogen (secondary N) is 1. The number of anilines is 1. The monoisotopic (exact) mass is 671 g/mol. The summed E-state index contributed by atoms with van der Waals surface area (Å²) < 4.78 is 41.2. The molecule has 2 amide bonds. The van der Waals surface area contributed by atoms with Crippen molar-refractivity contribution in [3.8, 4) is 11.5 Å². The number of benzene rings is 3. The third kappa shape index (κ3) is 7.88. The molecule has 0 spiro atoms. The van der Waals surface area contributed by atoms with Crippen LogP contribution < -0.4 is 19.1 Å². The fraction of sp³-hybridized carbons (Fsp3) is 0.375. The van der Waals surface area contributed by atoms with Gasteiger partial charge in [0, 0.05) is 23.1 Å². The number of amides is 2. The van der Waals surface area contributed by atoms with Gasteiger partial charge >= 0.3 is 0 Å². The fourth-order valence-electron chi connectivity index (χ4n) is 5.10. The molecule has 1 fully saturated rings. The quantitative estimate of drug-likeness (QED) is 0.275. The van der Waals surface area contributed by atoms with Crippen molar-refractivity contribution in [3.05, 3.63) is 82.3 Å². The van der Waals surface area contributed by atoms with Crippen LogP contribution in [0.25, 0.3) is 0 Å². The molecule has 9 nitrogen and oxygen atoms in total. The number of aryl methyl sites for hydroxylation is 1. The Hall–Kier alpha value is -3.57. The molecule has 1 unspecified atom stereocenters. The van der Waals surface area contributed by atoms with E-state index in [1.807, 2.05) is 31.2 Å². The zero-order chi connectivity index (χ0) is 31.1. The maximum atomic E-state index is 14.2. The summed E-state index contributed by atoms with van der Waals surface area (Å²) in [7, 11) is -1.35. The lowest BCUT2D eigenvalue weighted by Gasteiger charge is -2.33. The van der Waals surface area contributed by atoms with Gasteiger partial charge in [-0.1, -0.05) is 58.6 Å². The second kappa shape index (κ2) is 14.3. The molecule has 0 aromatic heterocycles. The van der Waals surface area contributed by atoms with E-state index in [0.29, 0.717) is 5.75 Å². The Labute approximate surface area is 262 Å². The van der Waals surface area contributed by atoms with Crippen molar-refractivity contribution >= 4 is 43.5 Å². The number of nitrogens with zero attached hydrogens (tertiary/aromatic N) is 2. The van der Waals surface area contributed by atoms with E-state index in [9.17, 15) is 18.0 Å². The van der Waals surface area contributed by atoms with E-state index in [1.165, 1.54) is 37.3 Å². The Balaban J connectivity index is 1.75. The number of hydrogen-bond acceptors (Lipinski definition) is 6. The molecule has 4 rings (SSSR count). The van der Waals surface area contributed by atoms with Crippen molar-refractivity contribution in [1.29, 1.82) is 0 Å². The van der Waals surface area contributed by atoms with Gasteiger partial charge in [-0.25, -0.2) is 8.42 Å². The first-order chi connectivity index (χ1) is 20.5. The van der Waals surface area contributed by atoms with Crippen LogP contribution in [0.4, 0.5) is 5.69 Å². The molecule has 1 aliphatic carbocycles. The van der Waals surface area contributed by atoms with E-state index in [2.05, 4.69) is 21.2 Å². The Bertz CT molecular complexity index is 1520. The lowest BCUT2D eigenvalue weighted by Crippen LogP contribution is -2.52. The molecule has 0 radical (unpaired) electrons. The van der Waals surface area contributed by atoms with Crippen LogP contribution in [-0.4, -0.2) is 58.0 Å². The molecule has 3 aromatic rings. The fourth-order valence-corrected chi connectivity index (χ4v) is 6.78. The smallest absolute Gasteiger partial charge is 0.264 e. The first kappa shape index (κ1) is 32.3. The summed E-state index contributed by atoms with van der Waals surface area (Å²) in [5.74, 6) is -0.180. The van der Waals surface area contributed by atoms with Crippen molar-refractivity contribution in [3.63, 3.8) is 0 Å². The van der Waals surface area contributed by atoms with Gasteiger partial charge in [0.1, 0.15) is 24.1 Å². The maximum absolute atomic E-state index is 14.2. The molecule has 11 heteroatoms. The predicted octanol–water partition coefficient (Wildman–Crippen LogP) is 5.45. The number of carbonyl (C=O) groups excluding carboxylic acids is 2. The first-order valence-electron chi connectivity index (χ1n) is 14.2. The normalized spacial score (nSPS) is 14.2. The second-order valence-electron chi connectivity index (χ2n) is 10.7. The number of hydrogen-bond donors (Lipinski definition) is 1. The Morgan fingerprint density at radius 2 is 1.63 bits per heavy atom. The van der Waals surface area contributed by atoms with Crippen LogP contribution in [0, 0.1) is 6.92 Å². The minimum Gasteiger partial charge on any atom is -0.497 e. The summed E-state index contributed by atoms with van der Waals surface area (Å²) in [4.78, 5) is 29.1. The zero-order valence-electron chi connectivity index (χ0n) is 24.9. The topological polar surface area (TPSA) is 105 Å². The van der Waals surface area contributed by atoms with Gasteiger partial charge in [0.2, 0.25) is 11.8 Å². The van der Waals surface area contributed by atoms with Gasteiger partial charge in [0.25, 0.3) is 10.0 Å². The summed E-state index contributed by atoms with van der Waals surface area (Å²) >= 11 is 3.43. The molecule has 0 saturated heterocycles. The van der Waals surface area contributed by atoms with Crippen LogP contribution >= 0.6 is 15.9 Å². The van der Waals surface area contributed by atoms with Crippen LogP contribution in [0.3, 0.4) is 0 Å². The minimum atomic E-state index is -4.26. The molecular weight excluding hydrogens is 634 g/mol. The highest BCUT2D eigenvalue weighted by molar-refractivity contribution is 9.10. The lowest BCUT2D eigenvalue weighted by atomic mass is 10.1. The van der Waals surface area contributed by atoms with Crippen molar-refractivity contribution < 1.29 is 27.5 Å². The largest absolute Gasteiger partial charge is 0.497 e. The van der Waals surface area contributed by atoms with E-state index in [-0.39, 0.29) is 34.8 Å². The summed E-state index contributed by atoms with van der Waals surface area (Å²) in [6, 6.07) is 17.8. The highest BCUT2D eigenvalue weighted by Crippen LogP contribution is 2.36. The average molecular weight is 673 g/mol. The highest BCUT2D eigenvalue weighted by atomic mass is 79.9. The van der Waals surface area contributed by atoms with Crippen LogP contribution in [-0.2, 0) is 26.2 Å². The molecule has 230 valence electrons. The van der Waals surface area contributed by atoms with Crippen molar-refractivity contribution in [2.24, 2.45) is 0 Å². The van der Waals surface area contributed by atoms with Gasteiger partial charge in [0.15, 0.2) is 0 Å². The minimum absolute atomic E-state index is 0.0160. The Morgan fingerprint density at radius 3 is 2.23 bits per heavy atom. The van der Waals surface area contributed by atoms with E-state index in [1.54, 1.807) is 31.2 Å². The predicted molar refractivity (Wildman–Crippen MR) is 170 cm³/mol. The average Bonchev–Trinajstić information content (AvgIpc) is 3.52. The molecule has 1 N–H and O–H groups in total. The summed E-state index contributed by atoms with van der Waals surface area (Å²) in [5, 5.41) is 3.08. The van der Waals surface area contributed by atoms with Gasteiger partial charge in [-0.15, -0.1) is 0 Å². The summed E-state index contributed by atoms with van der Waals surface area (Å²) in [5.41, 5.74) is 1.83. The summed E-state index contributed by atoms with van der Waals surface area (Å²) in [6.45, 7) is 3.07. The van der Waals surface area contributed by atoms with E-state index in [4.69, 9.17) is 9.47 Å². The lowest BCUT2D eigenvalue weighted by molar-refractivity contribution is -0.139. The van der Waals surface area contributed by atoms with Gasteiger partial charge < -0.3 is 19.7 Å². The Kier molecular flexibility index (Phi) is 10.7. The number of carbonyl (C=O) groups is 2. The number of ether oxygens (including phenoxy) is 2. The van der Waals surface area contributed by atoms with Crippen LogP contribution in [0.2, 0.25) is 0 Å². The molecule has 0 heterocycles. The standard InChI is InChI=1S/C32H38BrN3O6S/c1-22-9-16-28(17-10-22)43(39,40)36(29-19-27(41-3)15-18-30(29)42-4)21-31(37)35(20-24-11-13-25(33)14-12-24)23(2)32(38)34-26-7-5-6-8-26/h9-19,23,26H,5-8,20-21H2,1-4H3,(H,34,38). The molecule has 1 aliphatic rings. The Morgan fingerprint density at radius 1 is 0.977 bits per heavy atom. The molecule has 3 aromatic carbocycles. The molecule has 43 heavy (non-hydrogen) atoms. The summed E-state index contributed by atoms with van der Waals surface area (Å²) in [6.07, 6.45) is 3.90. The van der Waals surface area contributed by atoms with Gasteiger partial charge in [-0.2, -0.15) is 0 Å². The number of rotatable bonds is 12. The van der Waals surface area contributed by atoms with Crippen molar-refractivity contribution in [2.75, 3.05) is 25.1 Å². The molecule has 1 saturated carbocycles. The van der Waals surface area contributed by atoms with E-state index < -0.39 is 28.5 Å². The first-order valence-corrected chi connectivity index (χ1v) is 16.4. The maximum Gasteiger partial charge on any atom is 0.264 e. The van der Waals surface area contributed by atoms with Crippen LogP contribution in [0.15, 0.2) is 76.1 Å².